The lowest BCUT2D eigenvalue weighted by Crippen LogP contribution is -2.48. The number of piperidine rings is 1. The van der Waals surface area contributed by atoms with Gasteiger partial charge in [-0.3, -0.25) is 4.99 Å². The van der Waals surface area contributed by atoms with Crippen molar-refractivity contribution in [3.8, 4) is 0 Å². The van der Waals surface area contributed by atoms with Gasteiger partial charge in [-0.05, 0) is 55.7 Å². The molecule has 7 heteroatoms. The summed E-state index contributed by atoms with van der Waals surface area (Å²) in [6.45, 7) is 7.53. The molecule has 166 valence electrons. The minimum absolute atomic E-state index is 0. The third-order valence-corrected chi connectivity index (χ3v) is 6.01. The molecule has 0 amide bonds. The van der Waals surface area contributed by atoms with Crippen molar-refractivity contribution in [1.29, 1.82) is 0 Å². The Labute approximate surface area is 202 Å². The maximum absolute atomic E-state index is 5.75. The summed E-state index contributed by atoms with van der Waals surface area (Å²) in [5.41, 5.74) is 1.23. The van der Waals surface area contributed by atoms with Crippen molar-refractivity contribution < 1.29 is 4.74 Å². The smallest absolute Gasteiger partial charge is 0.191 e. The van der Waals surface area contributed by atoms with Crippen molar-refractivity contribution in [3.05, 3.63) is 53.4 Å². The van der Waals surface area contributed by atoms with Gasteiger partial charge in [0.25, 0.3) is 0 Å². The van der Waals surface area contributed by atoms with E-state index in [1.807, 2.05) is 17.4 Å². The van der Waals surface area contributed by atoms with E-state index in [4.69, 9.17) is 9.73 Å². The Morgan fingerprint density at radius 1 is 1.13 bits per heavy atom. The van der Waals surface area contributed by atoms with Crippen LogP contribution in [0.5, 0.6) is 0 Å². The first kappa shape index (κ1) is 24.9. The van der Waals surface area contributed by atoms with E-state index in [1.54, 1.807) is 0 Å². The summed E-state index contributed by atoms with van der Waals surface area (Å²) in [6.07, 6.45) is 4.38. The molecule has 30 heavy (non-hydrogen) atoms. The number of rotatable bonds is 10. The third-order valence-electron chi connectivity index (χ3n) is 5.08. The number of anilines is 1. The minimum atomic E-state index is 0. The van der Waals surface area contributed by atoms with E-state index in [1.165, 1.54) is 10.6 Å². The summed E-state index contributed by atoms with van der Waals surface area (Å²) in [4.78, 5) is 7.25. The van der Waals surface area contributed by atoms with E-state index >= 15 is 0 Å². The summed E-state index contributed by atoms with van der Waals surface area (Å²) in [6, 6.07) is 15.2. The molecular formula is C23H35IN4OS. The molecule has 1 aromatic heterocycles. The van der Waals surface area contributed by atoms with Crippen LogP contribution in [0.3, 0.4) is 0 Å². The molecule has 5 nitrogen and oxygen atoms in total. The van der Waals surface area contributed by atoms with E-state index in [-0.39, 0.29) is 24.0 Å². The molecule has 0 unspecified atom stereocenters. The molecule has 0 spiro atoms. The number of hydrogen-bond donors (Lipinski definition) is 2. The average molecular weight is 543 g/mol. The average Bonchev–Trinajstić information content (AvgIpc) is 3.29. The molecule has 0 aliphatic carbocycles. The number of ether oxygens (including phenoxy) is 1. The number of nitrogens with zero attached hydrogens (tertiary/aromatic N) is 2. The monoisotopic (exact) mass is 542 g/mol. The zero-order chi connectivity index (χ0) is 20.2. The molecule has 1 aliphatic heterocycles. The first-order valence-corrected chi connectivity index (χ1v) is 11.7. The highest BCUT2D eigenvalue weighted by atomic mass is 127. The number of unbranched alkanes of at least 4 members (excludes halogenated alkanes) is 1. The quantitative estimate of drug-likeness (QED) is 0.194. The van der Waals surface area contributed by atoms with Gasteiger partial charge in [-0.1, -0.05) is 30.3 Å². The van der Waals surface area contributed by atoms with Crippen LogP contribution in [0.15, 0.2) is 52.8 Å². The topological polar surface area (TPSA) is 48.9 Å². The number of hydrogen-bond acceptors (Lipinski definition) is 4. The number of guanidine groups is 1. The van der Waals surface area contributed by atoms with Crippen LogP contribution in [0, 0.1) is 0 Å². The van der Waals surface area contributed by atoms with E-state index in [2.05, 4.69) is 64.2 Å². The SMILES string of the molecule is CCNC(=NCCCCOCc1ccccc1)NC1CCN(c2cccs2)CC1.I. The van der Waals surface area contributed by atoms with Crippen LogP contribution < -0.4 is 15.5 Å². The summed E-state index contributed by atoms with van der Waals surface area (Å²) in [7, 11) is 0. The molecule has 2 heterocycles. The van der Waals surface area contributed by atoms with Crippen LogP contribution in [0.2, 0.25) is 0 Å². The second kappa shape index (κ2) is 14.6. The van der Waals surface area contributed by atoms with Gasteiger partial charge < -0.3 is 20.3 Å². The van der Waals surface area contributed by atoms with Gasteiger partial charge in [-0.15, -0.1) is 35.3 Å². The second-order valence-corrected chi connectivity index (χ2v) is 8.29. The fraction of sp³-hybridized carbons (Fsp3) is 0.522. The largest absolute Gasteiger partial charge is 0.377 e. The van der Waals surface area contributed by atoms with Crippen molar-refractivity contribution >= 4 is 46.3 Å². The van der Waals surface area contributed by atoms with Crippen LogP contribution >= 0.6 is 35.3 Å². The van der Waals surface area contributed by atoms with Gasteiger partial charge in [0.05, 0.1) is 11.6 Å². The lowest BCUT2D eigenvalue weighted by atomic mass is 10.1. The Kier molecular flexibility index (Phi) is 12.2. The first-order chi connectivity index (χ1) is 14.3. The summed E-state index contributed by atoms with van der Waals surface area (Å²) in [5, 5.41) is 10.6. The number of aliphatic imine (C=N–C) groups is 1. The minimum Gasteiger partial charge on any atom is -0.377 e. The van der Waals surface area contributed by atoms with Crippen molar-refractivity contribution in [2.24, 2.45) is 4.99 Å². The Morgan fingerprint density at radius 2 is 1.93 bits per heavy atom. The van der Waals surface area contributed by atoms with Gasteiger partial charge in [0.15, 0.2) is 5.96 Å². The van der Waals surface area contributed by atoms with Crippen LogP contribution in [-0.2, 0) is 11.3 Å². The fourth-order valence-electron chi connectivity index (χ4n) is 3.48. The Bertz CT molecular complexity index is 703. The van der Waals surface area contributed by atoms with Gasteiger partial charge in [0, 0.05) is 38.8 Å². The molecule has 1 aliphatic rings. The van der Waals surface area contributed by atoms with Crippen LogP contribution in [0.25, 0.3) is 0 Å². The van der Waals surface area contributed by atoms with Gasteiger partial charge in [0.1, 0.15) is 0 Å². The normalized spacial score (nSPS) is 15.0. The molecule has 1 fully saturated rings. The Balaban J connectivity index is 0.00000320. The van der Waals surface area contributed by atoms with E-state index in [9.17, 15) is 0 Å². The van der Waals surface area contributed by atoms with Crippen molar-refractivity contribution in [2.45, 2.75) is 45.3 Å². The molecule has 0 radical (unpaired) electrons. The summed E-state index contributed by atoms with van der Waals surface area (Å²) < 4.78 is 5.75. The maximum Gasteiger partial charge on any atom is 0.191 e. The van der Waals surface area contributed by atoms with Crippen molar-refractivity contribution in [3.63, 3.8) is 0 Å². The number of nitrogens with one attached hydrogen (secondary N) is 2. The molecule has 3 rings (SSSR count). The molecule has 1 saturated heterocycles. The van der Waals surface area contributed by atoms with Gasteiger partial charge in [-0.25, -0.2) is 0 Å². The van der Waals surface area contributed by atoms with Crippen molar-refractivity contribution in [1.82, 2.24) is 10.6 Å². The lowest BCUT2D eigenvalue weighted by Gasteiger charge is -2.33. The highest BCUT2D eigenvalue weighted by Crippen LogP contribution is 2.24. The molecule has 2 aromatic rings. The van der Waals surface area contributed by atoms with Crippen LogP contribution in [0.4, 0.5) is 5.00 Å². The van der Waals surface area contributed by atoms with Gasteiger partial charge in [-0.2, -0.15) is 0 Å². The molecular weight excluding hydrogens is 507 g/mol. The van der Waals surface area contributed by atoms with Crippen molar-refractivity contribution in [2.75, 3.05) is 37.7 Å². The highest BCUT2D eigenvalue weighted by molar-refractivity contribution is 14.0. The van der Waals surface area contributed by atoms with Gasteiger partial charge >= 0.3 is 0 Å². The highest BCUT2D eigenvalue weighted by Gasteiger charge is 2.20. The Morgan fingerprint density at radius 3 is 2.63 bits per heavy atom. The lowest BCUT2D eigenvalue weighted by molar-refractivity contribution is 0.117. The molecule has 2 N–H and O–H groups in total. The zero-order valence-electron chi connectivity index (χ0n) is 17.9. The summed E-state index contributed by atoms with van der Waals surface area (Å²) >= 11 is 1.83. The molecule has 0 atom stereocenters. The van der Waals surface area contributed by atoms with Gasteiger partial charge in [0.2, 0.25) is 0 Å². The fourth-order valence-corrected chi connectivity index (χ4v) is 4.26. The number of thiophene rings is 1. The second-order valence-electron chi connectivity index (χ2n) is 7.36. The number of halogens is 1. The maximum atomic E-state index is 5.75. The van der Waals surface area contributed by atoms with E-state index in [0.29, 0.717) is 12.6 Å². The molecule has 0 bridgehead atoms. The van der Waals surface area contributed by atoms with E-state index < -0.39 is 0 Å². The third kappa shape index (κ3) is 8.81. The molecule has 1 aromatic carbocycles. The van der Waals surface area contributed by atoms with Crippen LogP contribution in [0.1, 0.15) is 38.2 Å². The Hall–Kier alpha value is -1.32. The zero-order valence-corrected chi connectivity index (χ0v) is 21.0. The standard InChI is InChI=1S/C23H34N4OS.HI/c1-2-24-23(25-14-6-7-17-28-19-20-9-4-3-5-10-20)26-21-12-15-27(16-13-21)22-11-8-18-29-22;/h3-5,8-11,18,21H,2,6-7,12-17,19H2,1H3,(H2,24,25,26);1H. The summed E-state index contributed by atoms with van der Waals surface area (Å²) in [5.74, 6) is 0.951. The molecule has 0 saturated carbocycles. The van der Waals surface area contributed by atoms with Crippen LogP contribution in [-0.4, -0.2) is 44.8 Å². The van der Waals surface area contributed by atoms with E-state index in [0.717, 1.165) is 64.4 Å². The first-order valence-electron chi connectivity index (χ1n) is 10.8. The predicted molar refractivity (Wildman–Crippen MR) is 139 cm³/mol. The number of benzene rings is 1. The predicted octanol–water partition coefficient (Wildman–Crippen LogP) is 4.89.